The Balaban J connectivity index is 1.83. The van der Waals surface area contributed by atoms with Gasteiger partial charge in [0.15, 0.2) is 0 Å². The van der Waals surface area contributed by atoms with E-state index >= 15 is 0 Å². The fourth-order valence-corrected chi connectivity index (χ4v) is 3.70. The van der Waals surface area contributed by atoms with E-state index in [1.165, 1.54) is 6.26 Å². The third-order valence-electron chi connectivity index (χ3n) is 4.92. The number of benzene rings is 2. The van der Waals surface area contributed by atoms with Gasteiger partial charge in [0.1, 0.15) is 5.58 Å². The lowest BCUT2D eigenvalue weighted by atomic mass is 9.95. The normalized spacial score (nSPS) is 14.6. The number of carbonyl (C=O) groups is 2. The molecule has 0 aliphatic carbocycles. The van der Waals surface area contributed by atoms with Gasteiger partial charge in [-0.1, -0.05) is 36.4 Å². The molecule has 1 aliphatic rings. The number of hydrogen-bond acceptors (Lipinski definition) is 4. The van der Waals surface area contributed by atoms with Gasteiger partial charge < -0.3 is 14.5 Å². The van der Waals surface area contributed by atoms with E-state index in [2.05, 4.69) is 10.3 Å². The number of H-pyrrole nitrogens is 1. The maximum Gasteiger partial charge on any atom is 0.259 e. The van der Waals surface area contributed by atoms with Gasteiger partial charge in [-0.15, -0.1) is 0 Å². The Hall–Kier alpha value is -3.64. The van der Waals surface area contributed by atoms with Gasteiger partial charge in [0, 0.05) is 33.7 Å². The van der Waals surface area contributed by atoms with Crippen LogP contribution in [0.15, 0.2) is 59.3 Å². The Morgan fingerprint density at radius 1 is 0.889 bits per heavy atom. The third kappa shape index (κ3) is 2.17. The lowest BCUT2D eigenvalue weighted by Gasteiger charge is -2.03. The van der Waals surface area contributed by atoms with Crippen molar-refractivity contribution < 1.29 is 19.1 Å². The van der Waals surface area contributed by atoms with Crippen LogP contribution in [0.4, 0.5) is 0 Å². The van der Waals surface area contributed by atoms with Crippen LogP contribution in [0.3, 0.4) is 0 Å². The van der Waals surface area contributed by atoms with Crippen molar-refractivity contribution in [2.45, 2.75) is 6.61 Å². The molecule has 0 fully saturated rings. The second kappa shape index (κ2) is 5.69. The minimum atomic E-state index is -0.450. The first kappa shape index (κ1) is 15.6. The van der Waals surface area contributed by atoms with E-state index in [0.717, 1.165) is 21.9 Å². The Morgan fingerprint density at radius 2 is 1.63 bits per heavy atom. The van der Waals surface area contributed by atoms with Crippen molar-refractivity contribution in [2.75, 3.05) is 0 Å². The van der Waals surface area contributed by atoms with Crippen LogP contribution in [0, 0.1) is 0 Å². The van der Waals surface area contributed by atoms with E-state index in [0.29, 0.717) is 27.9 Å². The molecule has 0 atom stereocenters. The number of aliphatic hydroxyl groups excluding tert-OH is 1. The number of nitrogens with one attached hydrogen (secondary N) is 2. The van der Waals surface area contributed by atoms with Crippen LogP contribution in [0.2, 0.25) is 0 Å². The molecular weight excluding hydrogens is 344 g/mol. The number of amides is 2. The molecule has 27 heavy (non-hydrogen) atoms. The van der Waals surface area contributed by atoms with Crippen LogP contribution < -0.4 is 5.32 Å². The second-order valence-electron chi connectivity index (χ2n) is 6.38. The van der Waals surface area contributed by atoms with E-state index in [4.69, 9.17) is 4.42 Å². The summed E-state index contributed by atoms with van der Waals surface area (Å²) in [7, 11) is 0. The number of aliphatic hydroxyl groups is 1. The SMILES string of the molecule is O=C1NC(=O)C(c2c[nH]c3c(CO)cccc23)=C1c1coc2ccccc12. The van der Waals surface area contributed by atoms with Crippen molar-refractivity contribution in [2.24, 2.45) is 0 Å². The van der Waals surface area contributed by atoms with Crippen molar-refractivity contribution in [3.05, 3.63) is 71.6 Å². The number of aromatic nitrogens is 1. The molecule has 0 radical (unpaired) electrons. The lowest BCUT2D eigenvalue weighted by Crippen LogP contribution is -2.22. The highest BCUT2D eigenvalue weighted by Gasteiger charge is 2.35. The molecule has 0 bridgehead atoms. The van der Waals surface area contributed by atoms with Gasteiger partial charge in [-0.3, -0.25) is 14.9 Å². The summed E-state index contributed by atoms with van der Waals surface area (Å²) in [4.78, 5) is 28.4. The van der Waals surface area contributed by atoms with Crippen LogP contribution in [0.5, 0.6) is 0 Å². The Morgan fingerprint density at radius 3 is 2.44 bits per heavy atom. The Kier molecular flexibility index (Phi) is 3.29. The minimum absolute atomic E-state index is 0.124. The van der Waals surface area contributed by atoms with Crippen LogP contribution in [0.25, 0.3) is 33.0 Å². The Bertz CT molecular complexity index is 1280. The van der Waals surface area contributed by atoms with Crippen molar-refractivity contribution in [1.82, 2.24) is 10.3 Å². The maximum absolute atomic E-state index is 12.6. The lowest BCUT2D eigenvalue weighted by molar-refractivity contribution is -0.122. The average molecular weight is 358 g/mol. The van der Waals surface area contributed by atoms with Crippen LogP contribution >= 0.6 is 0 Å². The van der Waals surface area contributed by atoms with Crippen LogP contribution in [-0.2, 0) is 16.2 Å². The molecule has 2 amide bonds. The van der Waals surface area contributed by atoms with Crippen LogP contribution in [0.1, 0.15) is 16.7 Å². The number of carbonyl (C=O) groups excluding carboxylic acids is 2. The molecular formula is C21H14N2O4. The Labute approximate surface area is 153 Å². The van der Waals surface area contributed by atoms with E-state index < -0.39 is 11.8 Å². The summed E-state index contributed by atoms with van der Waals surface area (Å²) in [6.07, 6.45) is 3.20. The number of imide groups is 1. The fraction of sp³-hybridized carbons (Fsp3) is 0.0476. The predicted molar refractivity (Wildman–Crippen MR) is 100 cm³/mol. The topological polar surface area (TPSA) is 95.3 Å². The predicted octanol–water partition coefficient (Wildman–Crippen LogP) is 2.97. The first-order valence-electron chi connectivity index (χ1n) is 8.46. The number of rotatable bonds is 3. The number of hydrogen-bond donors (Lipinski definition) is 3. The summed E-state index contributed by atoms with van der Waals surface area (Å²) in [6, 6.07) is 12.8. The van der Waals surface area contributed by atoms with Crippen molar-refractivity contribution in [1.29, 1.82) is 0 Å². The number of para-hydroxylation sites is 2. The molecule has 3 N–H and O–H groups in total. The molecule has 1 aliphatic heterocycles. The largest absolute Gasteiger partial charge is 0.464 e. The fourth-order valence-electron chi connectivity index (χ4n) is 3.70. The first-order valence-corrected chi connectivity index (χ1v) is 8.46. The summed E-state index contributed by atoms with van der Waals surface area (Å²) in [5.74, 6) is -0.898. The number of furan rings is 1. The minimum Gasteiger partial charge on any atom is -0.464 e. The van der Waals surface area contributed by atoms with Gasteiger partial charge in [0.2, 0.25) is 0 Å². The summed E-state index contributed by atoms with van der Waals surface area (Å²) in [5.41, 5.74) is 3.90. The molecule has 2 aromatic heterocycles. The molecule has 2 aromatic carbocycles. The zero-order valence-electron chi connectivity index (χ0n) is 14.1. The molecule has 6 nitrogen and oxygen atoms in total. The number of aromatic amines is 1. The summed E-state index contributed by atoms with van der Waals surface area (Å²) in [6.45, 7) is -0.124. The molecule has 3 heterocycles. The van der Waals surface area contributed by atoms with Crippen molar-refractivity contribution in [3.8, 4) is 0 Å². The second-order valence-corrected chi connectivity index (χ2v) is 6.38. The van der Waals surface area contributed by atoms with Gasteiger partial charge in [-0.2, -0.15) is 0 Å². The van der Waals surface area contributed by atoms with Crippen LogP contribution in [-0.4, -0.2) is 21.9 Å². The average Bonchev–Trinajstić information content (AvgIpc) is 3.36. The maximum atomic E-state index is 12.6. The molecule has 0 saturated carbocycles. The molecule has 0 unspecified atom stereocenters. The van der Waals surface area contributed by atoms with Gasteiger partial charge in [0.25, 0.3) is 11.8 Å². The molecule has 6 heteroatoms. The van der Waals surface area contributed by atoms with Gasteiger partial charge in [-0.25, -0.2) is 0 Å². The molecule has 5 rings (SSSR count). The summed E-state index contributed by atoms with van der Waals surface area (Å²) >= 11 is 0. The van der Waals surface area contributed by atoms with E-state index in [-0.39, 0.29) is 6.61 Å². The molecule has 132 valence electrons. The van der Waals surface area contributed by atoms with Crippen molar-refractivity contribution >= 4 is 44.8 Å². The third-order valence-corrected chi connectivity index (χ3v) is 4.92. The monoisotopic (exact) mass is 358 g/mol. The van der Waals surface area contributed by atoms with Gasteiger partial charge >= 0.3 is 0 Å². The highest BCUT2D eigenvalue weighted by Crippen LogP contribution is 2.38. The molecule has 0 spiro atoms. The zero-order chi connectivity index (χ0) is 18.5. The number of fused-ring (bicyclic) bond motifs is 2. The van der Waals surface area contributed by atoms with E-state index in [1.54, 1.807) is 12.3 Å². The van der Waals surface area contributed by atoms with E-state index in [1.807, 2.05) is 36.4 Å². The summed E-state index contributed by atoms with van der Waals surface area (Å²) < 4.78 is 5.57. The van der Waals surface area contributed by atoms with Crippen molar-refractivity contribution in [3.63, 3.8) is 0 Å². The van der Waals surface area contributed by atoms with Gasteiger partial charge in [0.05, 0.1) is 29.5 Å². The summed E-state index contributed by atoms with van der Waals surface area (Å²) in [5, 5.41) is 13.5. The molecule has 4 aromatic rings. The quantitative estimate of drug-likeness (QED) is 0.491. The highest BCUT2D eigenvalue weighted by atomic mass is 16.3. The standard InChI is InChI=1S/C21H14N2O4/c24-9-11-4-3-6-13-14(8-22-19(11)13)17-18(21(26)23-20(17)25)15-10-27-16-7-2-1-5-12(15)16/h1-8,10,22,24H,9H2,(H,23,25,26). The first-order chi connectivity index (χ1) is 13.2. The smallest absolute Gasteiger partial charge is 0.259 e. The highest BCUT2D eigenvalue weighted by molar-refractivity contribution is 6.50. The van der Waals surface area contributed by atoms with E-state index in [9.17, 15) is 14.7 Å². The van der Waals surface area contributed by atoms with Gasteiger partial charge in [-0.05, 0) is 6.07 Å². The zero-order valence-corrected chi connectivity index (χ0v) is 14.1. The molecule has 0 saturated heterocycles.